The van der Waals surface area contributed by atoms with Crippen LogP contribution < -0.4 is 10.6 Å². The third kappa shape index (κ3) is 5.64. The van der Waals surface area contributed by atoms with Crippen molar-refractivity contribution in [2.75, 3.05) is 6.54 Å². The minimum atomic E-state index is 0.591. The summed E-state index contributed by atoms with van der Waals surface area (Å²) >= 11 is 0. The Morgan fingerprint density at radius 2 is 1.95 bits per heavy atom. The van der Waals surface area contributed by atoms with Crippen LogP contribution in [0.25, 0.3) is 0 Å². The summed E-state index contributed by atoms with van der Waals surface area (Å²) < 4.78 is 0. The molecule has 112 valence electrons. The molecule has 0 aliphatic carbocycles. The van der Waals surface area contributed by atoms with Crippen molar-refractivity contribution in [2.45, 2.75) is 70.5 Å². The van der Waals surface area contributed by atoms with Crippen molar-refractivity contribution >= 4 is 0 Å². The lowest BCUT2D eigenvalue weighted by atomic mass is 9.98. The molecule has 2 rings (SSSR count). The van der Waals surface area contributed by atoms with E-state index in [0.717, 1.165) is 6.04 Å². The first-order valence-corrected chi connectivity index (χ1v) is 8.27. The monoisotopic (exact) mass is 274 g/mol. The minimum Gasteiger partial charge on any atom is -0.314 e. The van der Waals surface area contributed by atoms with Gasteiger partial charge in [0.25, 0.3) is 0 Å². The van der Waals surface area contributed by atoms with Crippen molar-refractivity contribution < 1.29 is 0 Å². The maximum Gasteiger partial charge on any atom is 0.00817 e. The SMILES string of the molecule is CC(CCc1ccccc1)NC(C)CC1CCCCN1. The molecule has 1 aromatic rings. The van der Waals surface area contributed by atoms with E-state index < -0.39 is 0 Å². The Balaban J connectivity index is 1.64. The van der Waals surface area contributed by atoms with Crippen molar-refractivity contribution in [1.82, 2.24) is 10.6 Å². The van der Waals surface area contributed by atoms with Crippen molar-refractivity contribution in [1.29, 1.82) is 0 Å². The van der Waals surface area contributed by atoms with Gasteiger partial charge < -0.3 is 10.6 Å². The number of rotatable bonds is 7. The first-order chi connectivity index (χ1) is 9.74. The van der Waals surface area contributed by atoms with Gasteiger partial charge >= 0.3 is 0 Å². The average molecular weight is 274 g/mol. The van der Waals surface area contributed by atoms with Crippen LogP contribution in [0.4, 0.5) is 0 Å². The van der Waals surface area contributed by atoms with Crippen LogP contribution in [0.3, 0.4) is 0 Å². The molecule has 0 bridgehead atoms. The van der Waals surface area contributed by atoms with Gasteiger partial charge in [0.05, 0.1) is 0 Å². The smallest absolute Gasteiger partial charge is 0.00817 e. The molecular formula is C18H30N2. The molecule has 0 aromatic heterocycles. The van der Waals surface area contributed by atoms with Crippen molar-refractivity contribution in [2.24, 2.45) is 0 Å². The molecule has 3 atom stereocenters. The van der Waals surface area contributed by atoms with E-state index in [2.05, 4.69) is 54.8 Å². The largest absolute Gasteiger partial charge is 0.314 e. The fourth-order valence-corrected chi connectivity index (χ4v) is 3.22. The summed E-state index contributed by atoms with van der Waals surface area (Å²) in [5.41, 5.74) is 1.45. The molecule has 2 heteroatoms. The van der Waals surface area contributed by atoms with Gasteiger partial charge in [-0.3, -0.25) is 0 Å². The van der Waals surface area contributed by atoms with Crippen LogP contribution in [0.2, 0.25) is 0 Å². The Hall–Kier alpha value is -0.860. The van der Waals surface area contributed by atoms with E-state index in [0.29, 0.717) is 12.1 Å². The molecule has 2 N–H and O–H groups in total. The van der Waals surface area contributed by atoms with Crippen molar-refractivity contribution in [3.05, 3.63) is 35.9 Å². The Kier molecular flexibility index (Phi) is 6.55. The first kappa shape index (κ1) is 15.5. The van der Waals surface area contributed by atoms with E-state index in [1.807, 2.05) is 0 Å². The number of piperidine rings is 1. The molecule has 3 unspecified atom stereocenters. The van der Waals surface area contributed by atoms with E-state index in [4.69, 9.17) is 0 Å². The van der Waals surface area contributed by atoms with Crippen LogP contribution >= 0.6 is 0 Å². The highest BCUT2D eigenvalue weighted by Crippen LogP contribution is 2.13. The predicted molar refractivity (Wildman–Crippen MR) is 87.1 cm³/mol. The standard InChI is InChI=1S/C18H30N2/c1-15(11-12-17-8-4-3-5-9-17)20-16(2)14-18-10-6-7-13-19-18/h3-5,8-9,15-16,18-20H,6-7,10-14H2,1-2H3. The van der Waals surface area contributed by atoms with Gasteiger partial charge in [-0.25, -0.2) is 0 Å². The van der Waals surface area contributed by atoms with Crippen LogP contribution in [0, 0.1) is 0 Å². The number of nitrogens with one attached hydrogen (secondary N) is 2. The highest BCUT2D eigenvalue weighted by Gasteiger charge is 2.16. The molecule has 0 saturated carbocycles. The van der Waals surface area contributed by atoms with Gasteiger partial charge in [-0.1, -0.05) is 36.8 Å². The van der Waals surface area contributed by atoms with Crippen LogP contribution in [-0.2, 0) is 6.42 Å². The Labute approximate surface area is 124 Å². The van der Waals surface area contributed by atoms with E-state index >= 15 is 0 Å². The van der Waals surface area contributed by atoms with Crippen LogP contribution in [0.15, 0.2) is 30.3 Å². The average Bonchev–Trinajstić information content (AvgIpc) is 2.47. The molecule has 1 saturated heterocycles. The third-order valence-electron chi connectivity index (χ3n) is 4.33. The number of hydrogen-bond donors (Lipinski definition) is 2. The lowest BCUT2D eigenvalue weighted by molar-refractivity contribution is 0.329. The summed E-state index contributed by atoms with van der Waals surface area (Å²) in [6.45, 7) is 5.85. The predicted octanol–water partition coefficient (Wildman–Crippen LogP) is 3.52. The van der Waals surface area contributed by atoms with E-state index in [9.17, 15) is 0 Å². The molecule has 2 nitrogen and oxygen atoms in total. The molecule has 20 heavy (non-hydrogen) atoms. The van der Waals surface area contributed by atoms with Gasteiger partial charge in [0.15, 0.2) is 0 Å². The summed E-state index contributed by atoms with van der Waals surface area (Å²) in [4.78, 5) is 0. The zero-order valence-corrected chi connectivity index (χ0v) is 13.1. The van der Waals surface area contributed by atoms with Gasteiger partial charge in [-0.15, -0.1) is 0 Å². The van der Waals surface area contributed by atoms with Gasteiger partial charge in [0.1, 0.15) is 0 Å². The lowest BCUT2D eigenvalue weighted by Crippen LogP contribution is -2.42. The fraction of sp³-hybridized carbons (Fsp3) is 0.667. The quantitative estimate of drug-likeness (QED) is 0.795. The zero-order valence-electron chi connectivity index (χ0n) is 13.1. The van der Waals surface area contributed by atoms with Crippen LogP contribution in [-0.4, -0.2) is 24.7 Å². The Morgan fingerprint density at radius 3 is 2.65 bits per heavy atom. The second kappa shape index (κ2) is 8.43. The molecule has 1 aromatic carbocycles. The van der Waals surface area contributed by atoms with Crippen molar-refractivity contribution in [3.8, 4) is 0 Å². The molecule has 0 spiro atoms. The van der Waals surface area contributed by atoms with Gasteiger partial charge in [0.2, 0.25) is 0 Å². The highest BCUT2D eigenvalue weighted by molar-refractivity contribution is 5.14. The number of benzene rings is 1. The van der Waals surface area contributed by atoms with E-state index in [-0.39, 0.29) is 0 Å². The molecule has 1 aliphatic heterocycles. The molecule has 0 radical (unpaired) electrons. The molecular weight excluding hydrogens is 244 g/mol. The first-order valence-electron chi connectivity index (χ1n) is 8.27. The summed E-state index contributed by atoms with van der Waals surface area (Å²) in [5.74, 6) is 0. The van der Waals surface area contributed by atoms with Gasteiger partial charge in [-0.2, -0.15) is 0 Å². The summed E-state index contributed by atoms with van der Waals surface area (Å²) in [6, 6.07) is 12.7. The molecule has 0 amide bonds. The zero-order chi connectivity index (χ0) is 14.2. The fourth-order valence-electron chi connectivity index (χ4n) is 3.22. The molecule has 1 aliphatic rings. The third-order valence-corrected chi connectivity index (χ3v) is 4.33. The van der Waals surface area contributed by atoms with Crippen LogP contribution in [0.1, 0.15) is 51.5 Å². The maximum atomic E-state index is 3.76. The molecule has 1 fully saturated rings. The van der Waals surface area contributed by atoms with Crippen LogP contribution in [0.5, 0.6) is 0 Å². The molecule has 1 heterocycles. The Bertz CT molecular complexity index is 357. The summed E-state index contributed by atoms with van der Waals surface area (Å²) in [7, 11) is 0. The van der Waals surface area contributed by atoms with Crippen molar-refractivity contribution in [3.63, 3.8) is 0 Å². The minimum absolute atomic E-state index is 0.591. The second-order valence-electron chi connectivity index (χ2n) is 6.38. The Morgan fingerprint density at radius 1 is 1.15 bits per heavy atom. The normalized spacial score (nSPS) is 22.4. The topological polar surface area (TPSA) is 24.1 Å². The summed E-state index contributed by atoms with van der Waals surface area (Å²) in [6.07, 6.45) is 7.75. The van der Waals surface area contributed by atoms with Gasteiger partial charge in [-0.05, 0) is 58.1 Å². The second-order valence-corrected chi connectivity index (χ2v) is 6.38. The number of aryl methyl sites for hydroxylation is 1. The highest BCUT2D eigenvalue weighted by atomic mass is 15.0. The van der Waals surface area contributed by atoms with E-state index in [1.54, 1.807) is 0 Å². The summed E-state index contributed by atoms with van der Waals surface area (Å²) in [5, 5.41) is 7.40. The number of hydrogen-bond acceptors (Lipinski definition) is 2. The van der Waals surface area contributed by atoms with E-state index in [1.165, 1.54) is 50.6 Å². The van der Waals surface area contributed by atoms with Gasteiger partial charge in [0, 0.05) is 18.1 Å². The lowest BCUT2D eigenvalue weighted by Gasteiger charge is -2.28. The maximum absolute atomic E-state index is 3.76.